The smallest absolute Gasteiger partial charge is 0.399 e. The largest absolute Gasteiger partial charge is 0.496 e. The second-order valence-electron chi connectivity index (χ2n) is 8.35. The first-order valence-corrected chi connectivity index (χ1v) is 10.3. The van der Waals surface area contributed by atoms with E-state index in [0.717, 1.165) is 30.5 Å². The molecule has 3 rings (SSSR count). The van der Waals surface area contributed by atoms with E-state index in [2.05, 4.69) is 11.9 Å². The van der Waals surface area contributed by atoms with Gasteiger partial charge in [0.2, 0.25) is 10.0 Å². The molecular weight excluding hydrogens is 339 g/mol. The van der Waals surface area contributed by atoms with Crippen molar-refractivity contribution < 1.29 is 17.7 Å². The molecule has 0 saturated carbocycles. The minimum atomic E-state index is -3.95. The van der Waals surface area contributed by atoms with Crippen molar-refractivity contribution in [3.63, 3.8) is 0 Å². The van der Waals surface area contributed by atoms with Crippen LogP contribution in [0.5, 0.6) is 0 Å². The van der Waals surface area contributed by atoms with Crippen LogP contribution in [0.25, 0.3) is 0 Å². The first kappa shape index (κ1) is 18.8. The quantitative estimate of drug-likeness (QED) is 0.801. The van der Waals surface area contributed by atoms with Crippen LogP contribution in [0.4, 0.5) is 0 Å². The summed E-state index contributed by atoms with van der Waals surface area (Å²) < 4.78 is 37.0. The normalized spacial score (nSPS) is 25.1. The zero-order valence-electron chi connectivity index (χ0n) is 15.8. The minimum absolute atomic E-state index is 0.0545. The number of aromatic nitrogens is 1. The molecule has 2 aliphatic rings. The van der Waals surface area contributed by atoms with Crippen molar-refractivity contribution in [2.24, 2.45) is 11.1 Å². The molecule has 25 heavy (non-hydrogen) atoms. The fourth-order valence-corrected chi connectivity index (χ4v) is 4.63. The zero-order chi connectivity index (χ0) is 18.8. The number of fused-ring (bicyclic) bond motifs is 1. The first-order valence-electron chi connectivity index (χ1n) is 8.74. The van der Waals surface area contributed by atoms with Crippen LogP contribution in [0, 0.1) is 12.8 Å². The van der Waals surface area contributed by atoms with E-state index in [1.54, 1.807) is 6.92 Å². The predicted octanol–water partition coefficient (Wildman–Crippen LogP) is 1.46. The lowest BCUT2D eigenvalue weighted by Crippen LogP contribution is -2.44. The third-order valence-electron chi connectivity index (χ3n) is 5.75. The van der Waals surface area contributed by atoms with Gasteiger partial charge in [-0.3, -0.25) is 4.98 Å². The van der Waals surface area contributed by atoms with Crippen molar-refractivity contribution in [2.45, 2.75) is 76.9 Å². The van der Waals surface area contributed by atoms with Gasteiger partial charge < -0.3 is 9.31 Å². The summed E-state index contributed by atoms with van der Waals surface area (Å²) in [6.07, 6.45) is 2.62. The van der Waals surface area contributed by atoms with Gasteiger partial charge in [-0.15, -0.1) is 0 Å². The fourth-order valence-electron chi connectivity index (χ4n) is 3.65. The van der Waals surface area contributed by atoms with Gasteiger partial charge in [-0.25, -0.2) is 13.6 Å². The Morgan fingerprint density at radius 3 is 2.28 bits per heavy atom. The first-order chi connectivity index (χ1) is 11.3. The highest BCUT2D eigenvalue weighted by atomic mass is 32.2. The highest BCUT2D eigenvalue weighted by Gasteiger charge is 2.54. The van der Waals surface area contributed by atoms with Gasteiger partial charge in [0.05, 0.1) is 16.9 Å². The maximum atomic E-state index is 12.3. The molecule has 1 atom stereocenters. The summed E-state index contributed by atoms with van der Waals surface area (Å²) in [6.45, 7) is 11.7. The Bertz CT molecular complexity index is 804. The number of aryl methyl sites for hydroxylation is 2. The van der Waals surface area contributed by atoms with E-state index in [1.807, 2.05) is 27.7 Å². The summed E-state index contributed by atoms with van der Waals surface area (Å²) in [5.41, 5.74) is 1.71. The van der Waals surface area contributed by atoms with Crippen molar-refractivity contribution in [3.8, 4) is 0 Å². The van der Waals surface area contributed by atoms with Crippen LogP contribution >= 0.6 is 0 Å². The van der Waals surface area contributed by atoms with Crippen LogP contribution in [0.2, 0.25) is 0 Å². The monoisotopic (exact) mass is 366 g/mol. The highest BCUT2D eigenvalue weighted by Crippen LogP contribution is 2.38. The molecule has 0 aromatic carbocycles. The molecule has 138 valence electrons. The average Bonchev–Trinajstić information content (AvgIpc) is 2.65. The van der Waals surface area contributed by atoms with E-state index in [1.165, 1.54) is 0 Å². The van der Waals surface area contributed by atoms with E-state index < -0.39 is 28.3 Å². The Balaban J connectivity index is 2.26. The third-order valence-corrected chi connectivity index (χ3v) is 6.83. The number of hydrogen-bond acceptors (Lipinski definition) is 5. The Morgan fingerprint density at radius 1 is 1.20 bits per heavy atom. The van der Waals surface area contributed by atoms with E-state index in [0.29, 0.717) is 17.1 Å². The Morgan fingerprint density at radius 2 is 1.76 bits per heavy atom. The van der Waals surface area contributed by atoms with Gasteiger partial charge in [0.25, 0.3) is 0 Å². The third kappa shape index (κ3) is 3.14. The molecule has 2 heterocycles. The van der Waals surface area contributed by atoms with Crippen LogP contribution in [0.15, 0.2) is 4.90 Å². The summed E-state index contributed by atoms with van der Waals surface area (Å²) in [5, 5.41) is 5.55. The number of hydrogen-bond donors (Lipinski definition) is 1. The maximum absolute atomic E-state index is 12.3. The van der Waals surface area contributed by atoms with E-state index in [9.17, 15) is 8.42 Å². The lowest BCUT2D eigenvalue weighted by molar-refractivity contribution is 0.00578. The molecule has 2 N–H and O–H groups in total. The number of nitrogens with zero attached hydrogens (tertiary/aromatic N) is 1. The molecule has 0 spiro atoms. The number of primary sulfonamides is 1. The van der Waals surface area contributed by atoms with Crippen LogP contribution in [0.1, 0.15) is 58.0 Å². The van der Waals surface area contributed by atoms with Crippen LogP contribution < -0.4 is 10.6 Å². The van der Waals surface area contributed by atoms with Gasteiger partial charge >= 0.3 is 7.12 Å². The van der Waals surface area contributed by atoms with Gasteiger partial charge in [-0.05, 0) is 65.4 Å². The molecule has 0 amide bonds. The lowest BCUT2D eigenvalue weighted by Gasteiger charge is -2.32. The van der Waals surface area contributed by atoms with Crippen molar-refractivity contribution in [1.82, 2.24) is 4.98 Å². The summed E-state index contributed by atoms with van der Waals surface area (Å²) >= 11 is 0. The zero-order valence-corrected chi connectivity index (χ0v) is 16.7. The molecule has 1 aliphatic heterocycles. The SMILES string of the molecule is Cc1nc2c(c(B3OC(C)(C)C(C)(C)O3)c1S(N)(=O)=O)CC(C)CC2. The number of rotatable bonds is 2. The average molecular weight is 366 g/mol. The van der Waals surface area contributed by atoms with E-state index >= 15 is 0 Å². The fraction of sp³-hybridized carbons (Fsp3) is 0.706. The Labute approximate surface area is 150 Å². The minimum Gasteiger partial charge on any atom is -0.399 e. The molecule has 1 aromatic rings. The summed E-state index contributed by atoms with van der Waals surface area (Å²) in [6, 6.07) is 0. The highest BCUT2D eigenvalue weighted by molar-refractivity contribution is 7.89. The molecule has 1 aromatic heterocycles. The second kappa shape index (κ2) is 5.77. The number of sulfonamides is 1. The van der Waals surface area contributed by atoms with Crippen molar-refractivity contribution in [1.29, 1.82) is 0 Å². The van der Waals surface area contributed by atoms with Gasteiger partial charge in [-0.1, -0.05) is 6.92 Å². The van der Waals surface area contributed by atoms with Gasteiger partial charge in [0.1, 0.15) is 4.90 Å². The summed E-state index contributed by atoms with van der Waals surface area (Å²) in [5.74, 6) is 0.450. The van der Waals surface area contributed by atoms with Crippen LogP contribution in [-0.2, 0) is 32.2 Å². The molecule has 0 bridgehead atoms. The molecular formula is C17H27BN2O4S. The molecule has 8 heteroatoms. The van der Waals surface area contributed by atoms with E-state index in [4.69, 9.17) is 14.4 Å². The second-order valence-corrected chi connectivity index (χ2v) is 9.84. The van der Waals surface area contributed by atoms with Gasteiger partial charge in [-0.2, -0.15) is 0 Å². The maximum Gasteiger partial charge on any atom is 0.496 e. The summed E-state index contributed by atoms with van der Waals surface area (Å²) in [4.78, 5) is 4.60. The van der Waals surface area contributed by atoms with Gasteiger partial charge in [0, 0.05) is 11.2 Å². The van der Waals surface area contributed by atoms with Crippen molar-refractivity contribution >= 4 is 22.6 Å². The molecule has 6 nitrogen and oxygen atoms in total. The van der Waals surface area contributed by atoms with Crippen LogP contribution in [0.3, 0.4) is 0 Å². The summed E-state index contributed by atoms with van der Waals surface area (Å²) in [7, 11) is -4.71. The topological polar surface area (TPSA) is 91.5 Å². The molecule has 1 unspecified atom stereocenters. The molecule has 1 fully saturated rings. The lowest BCUT2D eigenvalue weighted by atomic mass is 9.71. The number of pyridine rings is 1. The Kier molecular flexibility index (Phi) is 4.35. The molecule has 0 radical (unpaired) electrons. The van der Waals surface area contributed by atoms with Crippen molar-refractivity contribution in [2.75, 3.05) is 0 Å². The predicted molar refractivity (Wildman–Crippen MR) is 97.3 cm³/mol. The molecule has 1 aliphatic carbocycles. The van der Waals surface area contributed by atoms with E-state index in [-0.39, 0.29) is 4.90 Å². The molecule has 1 saturated heterocycles. The van der Waals surface area contributed by atoms with Gasteiger partial charge in [0.15, 0.2) is 0 Å². The number of nitrogens with two attached hydrogens (primary N) is 1. The van der Waals surface area contributed by atoms with Crippen LogP contribution in [-0.4, -0.2) is 31.7 Å². The standard InChI is InChI=1S/C17H27BN2O4S/c1-10-7-8-13-12(9-10)14(15(11(2)20-13)25(19,21)22)18-23-16(3,4)17(5,6)24-18/h10H,7-9H2,1-6H3,(H2,19,21,22). The van der Waals surface area contributed by atoms with Crippen molar-refractivity contribution in [3.05, 3.63) is 17.0 Å². The Hall–Kier alpha value is -0.955.